The molecule has 12 atom stereocenters. The van der Waals surface area contributed by atoms with E-state index >= 15 is 0 Å². The number of phosphoric acid groups is 2. The second kappa shape index (κ2) is 15.4. The maximum atomic E-state index is 13.0. The second-order valence-corrected chi connectivity index (χ2v) is 14.3. The molecule has 0 spiro atoms. The van der Waals surface area contributed by atoms with Crippen LogP contribution in [0, 0.1) is 11.8 Å². The van der Waals surface area contributed by atoms with Gasteiger partial charge in [0.15, 0.2) is 29.9 Å². The first-order valence-corrected chi connectivity index (χ1v) is 17.6. The van der Waals surface area contributed by atoms with Gasteiger partial charge in [0.1, 0.15) is 42.9 Å². The monoisotopic (exact) mass is 741 g/mol. The van der Waals surface area contributed by atoms with E-state index in [1.165, 1.54) is 10.9 Å². The molecule has 49 heavy (non-hydrogen) atoms. The summed E-state index contributed by atoms with van der Waals surface area (Å²) in [5.74, 6) is -3.62. The van der Waals surface area contributed by atoms with Gasteiger partial charge >= 0.3 is 33.6 Å². The lowest BCUT2D eigenvalue weighted by Crippen LogP contribution is -2.56. The SMILES string of the molecule is CC(=O)OC[C@@H](OC(C)=O)C1O[C@@H](OP(=O)(O)OP(=O)(O)OC[C@H]2O[C@@H](n3cnc4c(N)ncnc43)C(O)[C@H]2O)C(OC(C)=O)[C@@H](C)[C@@H]1C. The highest BCUT2D eigenvalue weighted by molar-refractivity contribution is 7.61. The van der Waals surface area contributed by atoms with E-state index < -0.39 is 108 Å². The van der Waals surface area contributed by atoms with Crippen molar-refractivity contribution in [3.05, 3.63) is 12.7 Å². The van der Waals surface area contributed by atoms with Crippen LogP contribution in [0.5, 0.6) is 0 Å². The van der Waals surface area contributed by atoms with E-state index in [0.717, 1.165) is 27.1 Å². The number of esters is 3. The summed E-state index contributed by atoms with van der Waals surface area (Å²) in [7, 11) is -11.1. The first-order valence-electron chi connectivity index (χ1n) is 14.6. The second-order valence-electron chi connectivity index (χ2n) is 11.3. The summed E-state index contributed by atoms with van der Waals surface area (Å²) >= 11 is 0. The van der Waals surface area contributed by atoms with Crippen molar-refractivity contribution in [2.75, 3.05) is 18.9 Å². The number of aromatic nitrogens is 4. The number of nitrogen functional groups attached to an aromatic ring is 1. The zero-order valence-electron chi connectivity index (χ0n) is 26.7. The molecule has 2 aliphatic rings. The lowest BCUT2D eigenvalue weighted by Gasteiger charge is -2.45. The number of nitrogens with zero attached hydrogens (tertiary/aromatic N) is 4. The summed E-state index contributed by atoms with van der Waals surface area (Å²) in [6.07, 6.45) is -9.53. The van der Waals surface area contributed by atoms with Crippen LogP contribution in [0.15, 0.2) is 12.7 Å². The number of carbonyl (C=O) groups excluding carboxylic acids is 3. The third kappa shape index (κ3) is 9.35. The number of fused-ring (bicyclic) bond motifs is 1. The van der Waals surface area contributed by atoms with Crippen LogP contribution in [-0.2, 0) is 60.6 Å². The Morgan fingerprint density at radius 2 is 1.67 bits per heavy atom. The van der Waals surface area contributed by atoms with Gasteiger partial charge in [-0.15, -0.1) is 0 Å². The molecule has 4 heterocycles. The molecule has 2 saturated heterocycles. The Bertz CT molecular complexity index is 1630. The largest absolute Gasteiger partial charge is 0.483 e. The van der Waals surface area contributed by atoms with Crippen LogP contribution in [0.2, 0.25) is 0 Å². The fraction of sp³-hybridized carbons (Fsp3) is 0.680. The molecule has 2 aliphatic heterocycles. The van der Waals surface area contributed by atoms with Crippen LogP contribution in [0.25, 0.3) is 11.2 Å². The normalized spacial score (nSPS) is 31.7. The van der Waals surface area contributed by atoms with E-state index in [0.29, 0.717) is 0 Å². The number of aliphatic hydroxyl groups is 2. The minimum absolute atomic E-state index is 0.0363. The number of imidazole rings is 1. The van der Waals surface area contributed by atoms with Crippen molar-refractivity contribution < 1.29 is 80.6 Å². The van der Waals surface area contributed by atoms with Crippen molar-refractivity contribution in [2.45, 2.75) is 83.8 Å². The standard InChI is InChI=1S/C25H37N5O17P2/c1-10-11(2)21(43-14(5)33)25(45-20(10)16(42-13(4)32)6-40-12(3)31)46-49(38,39)47-48(36,37)41-7-15-18(34)19(35)24(44-15)30-9-29-17-22(26)27-8-28-23(17)30/h8-11,15-16,18-21,24-25,34-35H,6-7H2,1-5H3,(H,36,37)(H,38,39)(H2,26,27,28)/t10-,11-,15+,16+,18-,19?,20?,21?,24+,25-/m0/s1. The number of ether oxygens (including phenoxy) is 5. The minimum Gasteiger partial charge on any atom is -0.462 e. The Labute approximate surface area is 277 Å². The Hall–Kier alpha value is -3.14. The van der Waals surface area contributed by atoms with Crippen molar-refractivity contribution in [2.24, 2.45) is 11.8 Å². The maximum absolute atomic E-state index is 13.0. The highest BCUT2D eigenvalue weighted by atomic mass is 31.3. The number of carbonyl (C=O) groups is 3. The van der Waals surface area contributed by atoms with E-state index in [1.807, 2.05) is 0 Å². The van der Waals surface area contributed by atoms with E-state index in [4.69, 9.17) is 38.5 Å². The van der Waals surface area contributed by atoms with Crippen LogP contribution in [0.3, 0.4) is 0 Å². The van der Waals surface area contributed by atoms with Crippen LogP contribution in [-0.4, -0.2) is 114 Å². The summed E-state index contributed by atoms with van der Waals surface area (Å²) in [4.78, 5) is 67.8. The lowest BCUT2D eigenvalue weighted by molar-refractivity contribution is -0.270. The summed E-state index contributed by atoms with van der Waals surface area (Å²) in [5, 5.41) is 21.1. The van der Waals surface area contributed by atoms with Crippen molar-refractivity contribution in [1.82, 2.24) is 19.5 Å². The molecule has 2 aromatic heterocycles. The van der Waals surface area contributed by atoms with Gasteiger partial charge in [0, 0.05) is 26.7 Å². The highest BCUT2D eigenvalue weighted by Crippen LogP contribution is 2.62. The Morgan fingerprint density at radius 1 is 0.980 bits per heavy atom. The molecule has 0 aromatic carbocycles. The Kier molecular flexibility index (Phi) is 12.1. The van der Waals surface area contributed by atoms with Crippen LogP contribution < -0.4 is 5.73 Å². The molecule has 24 heteroatoms. The first-order chi connectivity index (χ1) is 22.8. The topological polar surface area (TPSA) is 310 Å². The van der Waals surface area contributed by atoms with E-state index in [-0.39, 0.29) is 17.0 Å². The number of aliphatic hydroxyl groups excluding tert-OH is 2. The van der Waals surface area contributed by atoms with Crippen LogP contribution in [0.4, 0.5) is 5.82 Å². The molecule has 6 N–H and O–H groups in total. The molecule has 2 fully saturated rings. The van der Waals surface area contributed by atoms with Crippen molar-refractivity contribution >= 4 is 50.5 Å². The van der Waals surface area contributed by atoms with Crippen molar-refractivity contribution in [3.8, 4) is 0 Å². The summed E-state index contributed by atoms with van der Waals surface area (Å²) in [6, 6.07) is 0. The predicted molar refractivity (Wildman–Crippen MR) is 158 cm³/mol. The zero-order valence-corrected chi connectivity index (χ0v) is 28.5. The molecular weight excluding hydrogens is 704 g/mol. The number of hydrogen-bond donors (Lipinski definition) is 5. The molecule has 274 valence electrons. The molecule has 4 rings (SSSR count). The number of hydrogen-bond acceptors (Lipinski definition) is 19. The number of anilines is 1. The lowest BCUT2D eigenvalue weighted by atomic mass is 9.81. The molecule has 0 saturated carbocycles. The van der Waals surface area contributed by atoms with Gasteiger partial charge in [-0.25, -0.2) is 24.1 Å². The fourth-order valence-corrected chi connectivity index (χ4v) is 7.45. The van der Waals surface area contributed by atoms with Gasteiger partial charge in [-0.2, -0.15) is 4.31 Å². The fourth-order valence-electron chi connectivity index (χ4n) is 5.30. The summed E-state index contributed by atoms with van der Waals surface area (Å²) < 4.78 is 68.2. The minimum atomic E-state index is -5.64. The Balaban J connectivity index is 1.45. The van der Waals surface area contributed by atoms with Gasteiger partial charge < -0.3 is 49.4 Å². The molecule has 2 aromatic rings. The van der Waals surface area contributed by atoms with Crippen molar-refractivity contribution in [3.63, 3.8) is 0 Å². The van der Waals surface area contributed by atoms with Gasteiger partial charge in [0.25, 0.3) is 0 Å². The van der Waals surface area contributed by atoms with Gasteiger partial charge in [0.05, 0.1) is 12.9 Å². The third-order valence-electron chi connectivity index (χ3n) is 7.71. The smallest absolute Gasteiger partial charge is 0.462 e. The zero-order chi connectivity index (χ0) is 36.4. The number of nitrogens with two attached hydrogens (primary N) is 1. The van der Waals surface area contributed by atoms with Gasteiger partial charge in [0.2, 0.25) is 6.29 Å². The Morgan fingerprint density at radius 3 is 2.31 bits per heavy atom. The highest BCUT2D eigenvalue weighted by Gasteiger charge is 2.52. The average Bonchev–Trinajstić information content (AvgIpc) is 3.54. The predicted octanol–water partition coefficient (Wildman–Crippen LogP) is -0.298. The third-order valence-corrected chi connectivity index (χ3v) is 10.3. The van der Waals surface area contributed by atoms with Gasteiger partial charge in [-0.05, 0) is 5.92 Å². The molecule has 0 bridgehead atoms. The van der Waals surface area contributed by atoms with E-state index in [1.54, 1.807) is 13.8 Å². The van der Waals surface area contributed by atoms with Crippen LogP contribution >= 0.6 is 15.6 Å². The summed E-state index contributed by atoms with van der Waals surface area (Å²) in [6.45, 7) is 5.01. The molecule has 5 unspecified atom stereocenters. The first kappa shape index (κ1) is 38.7. The maximum Gasteiger partial charge on any atom is 0.483 e. The quantitative estimate of drug-likeness (QED) is 0.0999. The van der Waals surface area contributed by atoms with Crippen LogP contribution in [0.1, 0.15) is 40.8 Å². The summed E-state index contributed by atoms with van der Waals surface area (Å²) in [5.41, 5.74) is 6.10. The van der Waals surface area contributed by atoms with Gasteiger partial charge in [-0.1, -0.05) is 13.8 Å². The number of rotatable bonds is 13. The van der Waals surface area contributed by atoms with E-state index in [2.05, 4.69) is 19.3 Å². The van der Waals surface area contributed by atoms with E-state index in [9.17, 15) is 43.5 Å². The number of phosphoric ester groups is 2. The average molecular weight is 742 g/mol. The molecule has 0 aliphatic carbocycles. The van der Waals surface area contributed by atoms with Gasteiger partial charge in [-0.3, -0.25) is 28.0 Å². The molecule has 0 radical (unpaired) electrons. The molecular formula is C25H37N5O17P2. The molecule has 22 nitrogen and oxygen atoms in total. The van der Waals surface area contributed by atoms with Crippen molar-refractivity contribution in [1.29, 1.82) is 0 Å². The molecule has 0 amide bonds.